The van der Waals surface area contributed by atoms with Gasteiger partial charge in [-0.15, -0.1) is 11.6 Å². The minimum Gasteiger partial charge on any atom is -0.456 e. The number of benzene rings is 1. The van der Waals surface area contributed by atoms with Crippen molar-refractivity contribution in [3.05, 3.63) is 51.0 Å². The molecule has 0 aliphatic carbocycles. The Morgan fingerprint density at radius 1 is 1.32 bits per heavy atom. The summed E-state index contributed by atoms with van der Waals surface area (Å²) < 4.78 is 19.7. The summed E-state index contributed by atoms with van der Waals surface area (Å²) in [6.07, 6.45) is 1.64. The van der Waals surface area contributed by atoms with Crippen LogP contribution < -0.4 is 4.74 Å². The lowest BCUT2D eigenvalue weighted by molar-refractivity contribution is 0.468. The van der Waals surface area contributed by atoms with E-state index in [1.807, 2.05) is 6.92 Å². The number of alkyl halides is 1. The highest BCUT2D eigenvalue weighted by Crippen LogP contribution is 2.35. The van der Waals surface area contributed by atoms with Gasteiger partial charge in [-0.3, -0.25) is 4.98 Å². The van der Waals surface area contributed by atoms with Crippen LogP contribution in [0.4, 0.5) is 4.39 Å². The molecule has 0 aliphatic heterocycles. The third kappa shape index (κ3) is 3.38. The first kappa shape index (κ1) is 14.6. The quantitative estimate of drug-likeness (QED) is 0.531. The van der Waals surface area contributed by atoms with Gasteiger partial charge in [0.2, 0.25) is 0 Å². The van der Waals surface area contributed by atoms with E-state index in [0.29, 0.717) is 16.0 Å². The normalized spacial score (nSPS) is 10.6. The molecule has 19 heavy (non-hydrogen) atoms. The maximum atomic E-state index is 13.5. The van der Waals surface area contributed by atoms with Gasteiger partial charge in [0.15, 0.2) is 0 Å². The summed E-state index contributed by atoms with van der Waals surface area (Å²) in [4.78, 5) is 4.13. The number of hydrogen-bond acceptors (Lipinski definition) is 2. The highest BCUT2D eigenvalue weighted by molar-refractivity contribution is 9.10. The number of ether oxygens (including phenoxy) is 1. The van der Waals surface area contributed by atoms with Gasteiger partial charge in [0.05, 0.1) is 15.4 Å². The second-order valence-electron chi connectivity index (χ2n) is 3.87. The van der Waals surface area contributed by atoms with Gasteiger partial charge in [-0.25, -0.2) is 4.39 Å². The first-order chi connectivity index (χ1) is 9.01. The van der Waals surface area contributed by atoms with Crippen LogP contribution in [0.5, 0.6) is 11.5 Å². The molecule has 2 nitrogen and oxygen atoms in total. The van der Waals surface area contributed by atoms with E-state index in [9.17, 15) is 4.39 Å². The van der Waals surface area contributed by atoms with Crippen molar-refractivity contribution in [1.82, 2.24) is 4.98 Å². The molecule has 0 amide bonds. The molecule has 0 saturated heterocycles. The third-order valence-corrected chi connectivity index (χ3v) is 3.62. The van der Waals surface area contributed by atoms with Crippen molar-refractivity contribution >= 4 is 39.1 Å². The minimum atomic E-state index is -0.543. The van der Waals surface area contributed by atoms with Gasteiger partial charge >= 0.3 is 0 Å². The highest BCUT2D eigenvalue weighted by Gasteiger charge is 2.11. The lowest BCUT2D eigenvalue weighted by atomic mass is 10.2. The molecule has 1 aromatic carbocycles. The smallest absolute Gasteiger partial charge is 0.145 e. The zero-order chi connectivity index (χ0) is 14.0. The number of pyridine rings is 1. The van der Waals surface area contributed by atoms with Gasteiger partial charge in [0.1, 0.15) is 17.3 Å². The van der Waals surface area contributed by atoms with Gasteiger partial charge in [-0.05, 0) is 28.9 Å². The van der Waals surface area contributed by atoms with E-state index >= 15 is 0 Å². The Bertz CT molecular complexity index is 622. The summed E-state index contributed by atoms with van der Waals surface area (Å²) in [5.41, 5.74) is 1.52. The Balaban J connectivity index is 2.41. The van der Waals surface area contributed by atoms with Crippen molar-refractivity contribution in [3.63, 3.8) is 0 Å². The van der Waals surface area contributed by atoms with Gasteiger partial charge in [-0.2, -0.15) is 0 Å². The number of aryl methyl sites for hydroxylation is 1. The second kappa shape index (κ2) is 6.07. The van der Waals surface area contributed by atoms with Gasteiger partial charge < -0.3 is 4.74 Å². The van der Waals surface area contributed by atoms with Crippen molar-refractivity contribution in [2.45, 2.75) is 12.8 Å². The van der Waals surface area contributed by atoms with Crippen LogP contribution in [0.2, 0.25) is 5.02 Å². The van der Waals surface area contributed by atoms with E-state index in [0.717, 1.165) is 11.3 Å². The van der Waals surface area contributed by atoms with Gasteiger partial charge in [-0.1, -0.05) is 11.6 Å². The molecule has 0 unspecified atom stereocenters. The average Bonchev–Trinajstić information content (AvgIpc) is 2.36. The SMILES string of the molecule is Cc1cc(Oc2cc(F)c(Cl)cc2Br)c(CCl)cn1. The molecule has 0 spiro atoms. The summed E-state index contributed by atoms with van der Waals surface area (Å²) in [5, 5.41) is 0.0303. The summed E-state index contributed by atoms with van der Waals surface area (Å²) in [6, 6.07) is 4.41. The topological polar surface area (TPSA) is 22.1 Å². The van der Waals surface area contributed by atoms with E-state index in [-0.39, 0.29) is 10.9 Å². The van der Waals surface area contributed by atoms with E-state index in [4.69, 9.17) is 27.9 Å². The second-order valence-corrected chi connectivity index (χ2v) is 5.39. The van der Waals surface area contributed by atoms with Crippen LogP contribution in [0.3, 0.4) is 0 Å². The monoisotopic (exact) mass is 363 g/mol. The summed E-state index contributed by atoms with van der Waals surface area (Å²) in [6.45, 7) is 1.84. The van der Waals surface area contributed by atoms with Crippen molar-refractivity contribution in [1.29, 1.82) is 0 Å². The number of hydrogen-bond donors (Lipinski definition) is 0. The maximum Gasteiger partial charge on any atom is 0.145 e. The zero-order valence-electron chi connectivity index (χ0n) is 9.88. The molecular weight excluding hydrogens is 356 g/mol. The number of rotatable bonds is 3. The molecule has 1 heterocycles. The van der Waals surface area contributed by atoms with Crippen molar-refractivity contribution in [2.24, 2.45) is 0 Å². The van der Waals surface area contributed by atoms with Crippen LogP contribution in [0.15, 0.2) is 28.9 Å². The fraction of sp³-hybridized carbons (Fsp3) is 0.154. The molecule has 1 aromatic heterocycles. The molecular formula is C13H9BrCl2FNO. The van der Waals surface area contributed by atoms with Crippen molar-refractivity contribution in [2.75, 3.05) is 0 Å². The number of nitrogens with zero attached hydrogens (tertiary/aromatic N) is 1. The lowest BCUT2D eigenvalue weighted by Gasteiger charge is -2.12. The van der Waals surface area contributed by atoms with Crippen LogP contribution in [-0.4, -0.2) is 4.98 Å². The molecule has 0 atom stereocenters. The van der Waals surface area contributed by atoms with E-state index in [2.05, 4.69) is 20.9 Å². The maximum absolute atomic E-state index is 13.5. The fourth-order valence-electron chi connectivity index (χ4n) is 1.46. The average molecular weight is 365 g/mol. The van der Waals surface area contributed by atoms with Gasteiger partial charge in [0, 0.05) is 29.6 Å². The van der Waals surface area contributed by atoms with Crippen LogP contribution in [0, 0.1) is 12.7 Å². The first-order valence-corrected chi connectivity index (χ1v) is 7.05. The van der Waals surface area contributed by atoms with Crippen LogP contribution in [0.25, 0.3) is 0 Å². The summed E-state index contributed by atoms with van der Waals surface area (Å²) in [7, 11) is 0. The Hall–Kier alpha value is -0.840. The van der Waals surface area contributed by atoms with Crippen LogP contribution >= 0.6 is 39.1 Å². The molecule has 2 rings (SSSR count). The Morgan fingerprint density at radius 3 is 2.74 bits per heavy atom. The largest absolute Gasteiger partial charge is 0.456 e. The Labute approximate surface area is 128 Å². The van der Waals surface area contributed by atoms with Crippen LogP contribution in [0.1, 0.15) is 11.3 Å². The molecule has 0 aliphatic rings. The molecule has 6 heteroatoms. The first-order valence-electron chi connectivity index (χ1n) is 5.35. The van der Waals surface area contributed by atoms with E-state index in [1.165, 1.54) is 12.1 Å². The molecule has 2 aromatic rings. The molecule has 100 valence electrons. The van der Waals surface area contributed by atoms with Crippen molar-refractivity contribution < 1.29 is 9.13 Å². The molecule has 0 fully saturated rings. The molecule has 0 saturated carbocycles. The van der Waals surface area contributed by atoms with Gasteiger partial charge in [0.25, 0.3) is 0 Å². The Morgan fingerprint density at radius 2 is 2.05 bits per heavy atom. The summed E-state index contributed by atoms with van der Waals surface area (Å²) >= 11 is 14.8. The number of halogens is 4. The number of aromatic nitrogens is 1. The zero-order valence-corrected chi connectivity index (χ0v) is 13.0. The predicted molar refractivity (Wildman–Crippen MR) is 77.7 cm³/mol. The summed E-state index contributed by atoms with van der Waals surface area (Å²) in [5.74, 6) is 0.595. The standard InChI is InChI=1S/C13H9BrCl2FNO/c1-7-2-12(8(5-15)6-18-7)19-13-4-11(17)10(16)3-9(13)14/h2-4,6H,5H2,1H3. The third-order valence-electron chi connectivity index (χ3n) is 2.42. The lowest BCUT2D eigenvalue weighted by Crippen LogP contribution is -1.94. The van der Waals surface area contributed by atoms with Crippen LogP contribution in [-0.2, 0) is 5.88 Å². The molecule has 0 radical (unpaired) electrons. The van der Waals surface area contributed by atoms with E-state index in [1.54, 1.807) is 12.3 Å². The minimum absolute atomic E-state index is 0.0303. The van der Waals surface area contributed by atoms with E-state index < -0.39 is 5.82 Å². The predicted octanol–water partition coefficient (Wildman–Crippen LogP) is 5.48. The highest BCUT2D eigenvalue weighted by atomic mass is 79.9. The fourth-order valence-corrected chi connectivity index (χ4v) is 2.38. The molecule has 0 N–H and O–H groups in total. The molecule has 0 bridgehead atoms. The Kier molecular flexibility index (Phi) is 4.66. The van der Waals surface area contributed by atoms with Crippen molar-refractivity contribution in [3.8, 4) is 11.5 Å².